The maximum atomic E-state index is 13.4. The fourth-order valence-corrected chi connectivity index (χ4v) is 9.65. The number of carbonyl (C=O) groups excluding carboxylic acids is 1. The largest absolute Gasteiger partial charge is 0.490 e. The molecular weight excluding hydrogens is 680 g/mol. The predicted octanol–water partition coefficient (Wildman–Crippen LogP) is 7.02. The monoisotopic (exact) mass is 738 g/mol. The zero-order chi connectivity index (χ0) is 36.3. The van der Waals surface area contributed by atoms with Gasteiger partial charge in [0.25, 0.3) is 5.91 Å². The Hall–Kier alpha value is -2.43. The van der Waals surface area contributed by atoms with Crippen LogP contribution in [0.3, 0.4) is 0 Å². The minimum atomic E-state index is -1.46. The number of carbonyl (C=O) groups is 1. The average molecular weight is 739 g/mol. The first kappa shape index (κ1) is 38.3. The highest BCUT2D eigenvalue weighted by Gasteiger charge is 2.49. The molecule has 1 N–H and O–H groups in total. The van der Waals surface area contributed by atoms with Crippen molar-refractivity contribution in [3.8, 4) is 5.75 Å². The molecule has 5 atom stereocenters. The van der Waals surface area contributed by atoms with Crippen LogP contribution < -0.4 is 14.4 Å². The second-order valence-electron chi connectivity index (χ2n) is 15.9. The molecular formula is C41H59ClN4O4S. The summed E-state index contributed by atoms with van der Waals surface area (Å²) >= 11 is 6.51. The van der Waals surface area contributed by atoms with E-state index in [1.165, 1.54) is 11.1 Å². The zero-order valence-corrected chi connectivity index (χ0v) is 33.2. The van der Waals surface area contributed by atoms with Crippen molar-refractivity contribution in [2.45, 2.75) is 95.5 Å². The molecule has 0 bridgehead atoms. The van der Waals surface area contributed by atoms with Gasteiger partial charge in [-0.3, -0.25) is 19.3 Å². The SMILES string of the molecule is CC/C=C/[C@@](CN1CCN(C(C)C)CC1)(OC)C1CCC1CN1C[C@@]2(CCCc3cc(Cl)ccc32)COc2ccc(C(=O)NS(=O)C(C)C)cc21. The van der Waals surface area contributed by atoms with Crippen molar-refractivity contribution < 1.29 is 18.5 Å². The molecule has 280 valence electrons. The Morgan fingerprint density at radius 2 is 1.92 bits per heavy atom. The van der Waals surface area contributed by atoms with Gasteiger partial charge in [-0.15, -0.1) is 0 Å². The first-order chi connectivity index (χ1) is 24.5. The van der Waals surface area contributed by atoms with Gasteiger partial charge in [0.2, 0.25) is 0 Å². The third-order valence-corrected chi connectivity index (χ3v) is 13.5. The van der Waals surface area contributed by atoms with Crippen LogP contribution in [0.2, 0.25) is 5.02 Å². The lowest BCUT2D eigenvalue weighted by atomic mass is 9.63. The number of fused-ring (bicyclic) bond motifs is 3. The topological polar surface area (TPSA) is 74.3 Å². The predicted molar refractivity (Wildman–Crippen MR) is 209 cm³/mol. The van der Waals surface area contributed by atoms with Crippen molar-refractivity contribution in [2.75, 3.05) is 64.4 Å². The van der Waals surface area contributed by atoms with Crippen molar-refractivity contribution in [2.24, 2.45) is 11.8 Å². The molecule has 6 rings (SSSR count). The Balaban J connectivity index is 1.33. The molecule has 2 fully saturated rings. The van der Waals surface area contributed by atoms with Crippen LogP contribution in [0.1, 0.15) is 88.2 Å². The van der Waals surface area contributed by atoms with Gasteiger partial charge >= 0.3 is 0 Å². The molecule has 2 aliphatic carbocycles. The second-order valence-corrected chi connectivity index (χ2v) is 18.1. The summed E-state index contributed by atoms with van der Waals surface area (Å²) in [5.41, 5.74) is 3.46. The molecule has 1 saturated carbocycles. The van der Waals surface area contributed by atoms with Gasteiger partial charge in [-0.1, -0.05) is 36.7 Å². The summed E-state index contributed by atoms with van der Waals surface area (Å²) < 4.78 is 28.7. The number of amides is 1. The summed E-state index contributed by atoms with van der Waals surface area (Å²) in [6.07, 6.45) is 11.0. The van der Waals surface area contributed by atoms with Crippen LogP contribution in [0.5, 0.6) is 5.75 Å². The Kier molecular flexibility index (Phi) is 12.2. The van der Waals surface area contributed by atoms with Gasteiger partial charge in [-0.2, -0.15) is 0 Å². The molecule has 8 nitrogen and oxygen atoms in total. The van der Waals surface area contributed by atoms with Crippen molar-refractivity contribution >= 4 is 34.2 Å². The number of rotatable bonds is 12. The Morgan fingerprint density at radius 1 is 1.14 bits per heavy atom. The Labute approximate surface area is 313 Å². The van der Waals surface area contributed by atoms with Crippen molar-refractivity contribution in [1.29, 1.82) is 0 Å². The molecule has 0 aromatic heterocycles. The molecule has 2 heterocycles. The van der Waals surface area contributed by atoms with Crippen LogP contribution in [0.15, 0.2) is 48.6 Å². The number of aryl methyl sites for hydroxylation is 1. The quantitative estimate of drug-likeness (QED) is 0.235. The number of anilines is 1. The molecule has 1 amide bonds. The molecule has 2 aromatic rings. The lowest BCUT2D eigenvalue weighted by molar-refractivity contribution is -0.0960. The van der Waals surface area contributed by atoms with Gasteiger partial charge in [0.15, 0.2) is 0 Å². The molecule has 2 aliphatic heterocycles. The van der Waals surface area contributed by atoms with Crippen LogP contribution in [-0.4, -0.2) is 96.3 Å². The summed E-state index contributed by atoms with van der Waals surface area (Å²) in [4.78, 5) is 21.1. The maximum Gasteiger partial charge on any atom is 0.263 e. The number of nitrogens with zero attached hydrogens (tertiary/aromatic N) is 3. The Morgan fingerprint density at radius 3 is 2.59 bits per heavy atom. The fraction of sp³-hybridized carbons (Fsp3) is 0.634. The van der Waals surface area contributed by atoms with Crippen LogP contribution in [0.4, 0.5) is 5.69 Å². The first-order valence-corrected chi connectivity index (χ1v) is 20.8. The molecule has 1 saturated heterocycles. The lowest BCUT2D eigenvalue weighted by Crippen LogP contribution is -2.59. The normalized spacial score (nSPS) is 25.9. The highest BCUT2D eigenvalue weighted by molar-refractivity contribution is 7.84. The van der Waals surface area contributed by atoms with E-state index in [1.807, 2.05) is 39.2 Å². The number of hydrogen-bond donors (Lipinski definition) is 1. The van der Waals surface area contributed by atoms with E-state index in [-0.39, 0.29) is 22.2 Å². The number of piperazine rings is 1. The van der Waals surface area contributed by atoms with Crippen LogP contribution in [0.25, 0.3) is 0 Å². The van der Waals surface area contributed by atoms with Crippen LogP contribution in [-0.2, 0) is 27.6 Å². The number of allylic oxidation sites excluding steroid dienone is 1. The van der Waals surface area contributed by atoms with Crippen LogP contribution in [0, 0.1) is 11.8 Å². The lowest BCUT2D eigenvalue weighted by Gasteiger charge is -2.52. The van der Waals surface area contributed by atoms with E-state index in [1.54, 1.807) is 6.07 Å². The van der Waals surface area contributed by atoms with Gasteiger partial charge in [0, 0.05) is 80.2 Å². The van der Waals surface area contributed by atoms with Gasteiger partial charge in [0.05, 0.1) is 12.3 Å². The summed E-state index contributed by atoms with van der Waals surface area (Å²) in [6, 6.07) is 12.6. The fourth-order valence-electron chi connectivity index (χ4n) is 8.92. The molecule has 3 unspecified atom stereocenters. The summed E-state index contributed by atoms with van der Waals surface area (Å²) in [5, 5.41) is 0.598. The molecule has 4 aliphatic rings. The van der Waals surface area contributed by atoms with E-state index in [4.69, 9.17) is 21.1 Å². The minimum Gasteiger partial charge on any atom is -0.490 e. The van der Waals surface area contributed by atoms with Gasteiger partial charge in [0.1, 0.15) is 22.3 Å². The van der Waals surface area contributed by atoms with E-state index in [0.29, 0.717) is 30.0 Å². The summed E-state index contributed by atoms with van der Waals surface area (Å²) in [6.45, 7) is 17.8. The second kappa shape index (κ2) is 16.3. The van der Waals surface area contributed by atoms with E-state index in [0.717, 1.165) is 101 Å². The smallest absolute Gasteiger partial charge is 0.263 e. The first-order valence-electron chi connectivity index (χ1n) is 19.2. The highest BCUT2D eigenvalue weighted by Crippen LogP contribution is 2.49. The van der Waals surface area contributed by atoms with Crippen molar-refractivity contribution in [3.63, 3.8) is 0 Å². The third-order valence-electron chi connectivity index (χ3n) is 12.0. The minimum absolute atomic E-state index is 0.174. The van der Waals surface area contributed by atoms with E-state index in [2.05, 4.69) is 64.5 Å². The van der Waals surface area contributed by atoms with Gasteiger partial charge < -0.3 is 14.4 Å². The van der Waals surface area contributed by atoms with E-state index >= 15 is 0 Å². The van der Waals surface area contributed by atoms with Crippen molar-refractivity contribution in [1.82, 2.24) is 14.5 Å². The number of halogens is 1. The third kappa shape index (κ3) is 8.23. The molecule has 10 heteroatoms. The molecule has 51 heavy (non-hydrogen) atoms. The molecule has 0 radical (unpaired) electrons. The van der Waals surface area contributed by atoms with Gasteiger partial charge in [-0.25, -0.2) is 4.21 Å². The number of benzene rings is 2. The number of methoxy groups -OCH3 is 1. The standard InChI is InChI=1S/C41H59ClN4O4S/c1-7-8-18-41(49-6,27-44-19-21-45(22-20-44)29(2)3)36-14-11-33(36)25-46-26-40(17-9-10-31-23-34(42)13-15-35(31)40)28-50-38-16-12-32(24-37(38)46)39(47)43-51(48)30(4)5/h8,12-13,15-16,18,23-24,29-30,33,36H,7,9-11,14,17,19-22,25-28H2,1-6H3,(H,43,47)/b18-8+/t33?,36?,40-,41-,51?/m0/s1. The van der Waals surface area contributed by atoms with E-state index in [9.17, 15) is 9.00 Å². The molecule has 2 aromatic carbocycles. The number of ether oxygens (including phenoxy) is 2. The molecule has 1 spiro atoms. The maximum absolute atomic E-state index is 13.4. The Bertz CT molecular complexity index is 1590. The van der Waals surface area contributed by atoms with Crippen LogP contribution >= 0.6 is 11.6 Å². The summed E-state index contributed by atoms with van der Waals surface area (Å²) in [5.74, 6) is 1.21. The number of nitrogens with one attached hydrogen (secondary N) is 1. The zero-order valence-electron chi connectivity index (χ0n) is 31.6. The number of hydrogen-bond acceptors (Lipinski definition) is 7. The highest BCUT2D eigenvalue weighted by atomic mass is 35.5. The van der Waals surface area contributed by atoms with Gasteiger partial charge in [-0.05, 0) is 120 Å². The summed E-state index contributed by atoms with van der Waals surface area (Å²) in [7, 11) is 0.440. The van der Waals surface area contributed by atoms with Crippen molar-refractivity contribution in [3.05, 3.63) is 70.3 Å². The van der Waals surface area contributed by atoms with E-state index < -0.39 is 11.0 Å². The average Bonchev–Trinajstić information content (AvgIpc) is 3.25.